The van der Waals surface area contributed by atoms with E-state index in [1.165, 1.54) is 41.6 Å². The molecule has 0 saturated carbocycles. The molecule has 3 aromatic rings. The molecule has 0 radical (unpaired) electrons. The molecule has 0 amide bonds. The molecular weight excluding hydrogens is 593 g/mol. The lowest BCUT2D eigenvalue weighted by molar-refractivity contribution is 0.178. The van der Waals surface area contributed by atoms with Gasteiger partial charge in [-0.25, -0.2) is 4.98 Å². The molecule has 5 atom stereocenters. The van der Waals surface area contributed by atoms with Gasteiger partial charge in [-0.3, -0.25) is 9.97 Å². The van der Waals surface area contributed by atoms with Gasteiger partial charge < -0.3 is 0 Å². The van der Waals surface area contributed by atoms with E-state index >= 15 is 0 Å². The van der Waals surface area contributed by atoms with Gasteiger partial charge in [0.05, 0.1) is 14.8 Å². The number of hydrogen-bond acceptors (Lipinski definition) is 5. The number of rotatable bonds is 6. The summed E-state index contributed by atoms with van der Waals surface area (Å²) in [7, 11) is 0. The summed E-state index contributed by atoms with van der Waals surface area (Å²) in [6, 6.07) is 6.75. The van der Waals surface area contributed by atoms with Crippen molar-refractivity contribution in [3.8, 4) is 0 Å². The number of nitrogens with zero attached hydrogens (tertiary/aromatic N) is 5. The van der Waals surface area contributed by atoms with Crippen molar-refractivity contribution in [1.82, 2.24) is 25.1 Å². The van der Waals surface area contributed by atoms with Crippen molar-refractivity contribution in [1.29, 1.82) is 0 Å². The van der Waals surface area contributed by atoms with E-state index in [0.29, 0.717) is 11.8 Å². The minimum atomic E-state index is -0.0198. The second-order valence-corrected chi connectivity index (χ2v) is 16.6. The van der Waals surface area contributed by atoms with Crippen molar-refractivity contribution in [2.75, 3.05) is 0 Å². The summed E-state index contributed by atoms with van der Waals surface area (Å²) in [5, 5.41) is 8.68. The fourth-order valence-corrected chi connectivity index (χ4v) is 10.5. The highest BCUT2D eigenvalue weighted by Gasteiger charge is 2.54. The molecule has 3 aliphatic carbocycles. The molecule has 6 rings (SSSR count). The molecule has 3 aliphatic rings. The van der Waals surface area contributed by atoms with Gasteiger partial charge in [0.2, 0.25) is 0 Å². The molecule has 0 unspecified atom stereocenters. The third-order valence-electron chi connectivity index (χ3n) is 10.9. The minimum absolute atomic E-state index is 0.00477. The Balaban J connectivity index is 1.30. The van der Waals surface area contributed by atoms with E-state index in [1.54, 1.807) is 6.33 Å². The summed E-state index contributed by atoms with van der Waals surface area (Å²) >= 11 is 2.69. The summed E-state index contributed by atoms with van der Waals surface area (Å²) in [5.74, 6) is 0.896. The van der Waals surface area contributed by atoms with Crippen LogP contribution in [-0.4, -0.2) is 25.1 Å². The van der Waals surface area contributed by atoms with Crippen LogP contribution in [0.15, 0.2) is 43.1 Å². The van der Waals surface area contributed by atoms with Crippen LogP contribution in [-0.2, 0) is 19.7 Å². The number of alkyl halides is 1. The Hall–Kier alpha value is -1.96. The maximum absolute atomic E-state index is 4.96. The van der Waals surface area contributed by atoms with E-state index in [1.807, 2.05) is 12.4 Å². The molecule has 0 aliphatic heterocycles. The van der Waals surface area contributed by atoms with Gasteiger partial charge >= 0.3 is 0 Å². The Labute approximate surface area is 247 Å². The quantitative estimate of drug-likeness (QED) is 0.203. The molecule has 6 heteroatoms. The van der Waals surface area contributed by atoms with Gasteiger partial charge in [-0.2, -0.15) is 5.10 Å². The molecule has 5 nitrogen and oxygen atoms in total. The predicted octanol–water partition coefficient (Wildman–Crippen LogP) is 8.08. The molecule has 206 valence electrons. The Kier molecular flexibility index (Phi) is 6.30. The van der Waals surface area contributed by atoms with Gasteiger partial charge in [0, 0.05) is 35.6 Å². The molecule has 0 fully saturated rings. The molecule has 3 heterocycles. The highest BCUT2D eigenvalue weighted by molar-refractivity contribution is 14.1. The normalized spacial score (nSPS) is 33.5. The molecule has 39 heavy (non-hydrogen) atoms. The Morgan fingerprint density at radius 2 is 1.67 bits per heavy atom. The zero-order valence-corrected chi connectivity index (χ0v) is 26.7. The van der Waals surface area contributed by atoms with Crippen LogP contribution in [0.25, 0.3) is 0 Å². The number of hydrogen-bond donors (Lipinski definition) is 0. The van der Waals surface area contributed by atoms with E-state index in [9.17, 15) is 0 Å². The molecular formula is C33H42IN5. The smallest absolute Gasteiger partial charge is 0.138 e. The maximum Gasteiger partial charge on any atom is 0.138 e. The van der Waals surface area contributed by atoms with Gasteiger partial charge in [0.1, 0.15) is 6.33 Å². The van der Waals surface area contributed by atoms with Crippen molar-refractivity contribution in [3.05, 3.63) is 76.9 Å². The van der Waals surface area contributed by atoms with Crippen LogP contribution in [0, 0.1) is 5.41 Å². The summed E-state index contributed by atoms with van der Waals surface area (Å²) in [5.41, 5.74) is 8.39. The monoisotopic (exact) mass is 635 g/mol. The first kappa shape index (κ1) is 27.2. The van der Waals surface area contributed by atoms with Gasteiger partial charge in [0.25, 0.3) is 0 Å². The SMILES string of the molecule is C[C@H]1c2ncccc2[C@H](CC[C@]2(C)CC(C)(C)c3ccncc32)[C@]1(C)CC[C@]1(I)CC(C)(C)c2nncnc21. The molecule has 0 bridgehead atoms. The first-order valence-corrected chi connectivity index (χ1v) is 15.7. The number of fused-ring (bicyclic) bond motifs is 3. The van der Waals surface area contributed by atoms with Gasteiger partial charge in [0.15, 0.2) is 0 Å². The van der Waals surface area contributed by atoms with Crippen LogP contribution in [0.5, 0.6) is 0 Å². The van der Waals surface area contributed by atoms with E-state index < -0.39 is 0 Å². The molecule has 0 N–H and O–H groups in total. The van der Waals surface area contributed by atoms with Crippen LogP contribution < -0.4 is 0 Å². The van der Waals surface area contributed by atoms with Crippen molar-refractivity contribution in [2.24, 2.45) is 5.41 Å². The average Bonchev–Trinajstić information content (AvgIpc) is 3.35. The second-order valence-electron chi connectivity index (χ2n) is 14.5. The van der Waals surface area contributed by atoms with Gasteiger partial charge in [-0.1, -0.05) is 77.1 Å². The van der Waals surface area contributed by atoms with Crippen molar-refractivity contribution in [2.45, 2.75) is 118 Å². The van der Waals surface area contributed by atoms with Crippen molar-refractivity contribution in [3.63, 3.8) is 0 Å². The lowest BCUT2D eigenvalue weighted by atomic mass is 9.65. The summed E-state index contributed by atoms with van der Waals surface area (Å²) in [4.78, 5) is 14.3. The zero-order valence-electron chi connectivity index (χ0n) is 24.6. The van der Waals surface area contributed by atoms with E-state index in [-0.39, 0.29) is 25.1 Å². The topological polar surface area (TPSA) is 64.5 Å². The van der Waals surface area contributed by atoms with Crippen molar-refractivity contribution < 1.29 is 0 Å². The maximum atomic E-state index is 4.96. The number of aromatic nitrogens is 5. The van der Waals surface area contributed by atoms with Gasteiger partial charge in [-0.15, -0.1) is 5.10 Å². The number of pyridine rings is 2. The summed E-state index contributed by atoms with van der Waals surface area (Å²) in [6.07, 6.45) is 14.5. The first-order valence-electron chi connectivity index (χ1n) is 14.6. The largest absolute Gasteiger partial charge is 0.264 e. The fourth-order valence-electron chi connectivity index (χ4n) is 8.85. The summed E-state index contributed by atoms with van der Waals surface area (Å²) in [6.45, 7) is 16.8. The average molecular weight is 636 g/mol. The van der Waals surface area contributed by atoms with Crippen LogP contribution >= 0.6 is 22.6 Å². The zero-order chi connectivity index (χ0) is 27.8. The standard InChI is InChI=1S/C33H42IN5/c1-21-26-22(9-8-15-36-26)23(10-12-31(6)18-29(2,3)24-11-16-35-17-25(24)31)32(21,7)13-14-33(34)19-30(4,5)27-28(33)37-20-38-39-27/h8-9,11,15-17,20-21,23H,10,12-14,18-19H2,1-7H3/t21-,23-,31+,32+,33-/m0/s1. The fraction of sp³-hybridized carbons (Fsp3) is 0.606. The third-order valence-corrected chi connectivity index (χ3v) is 12.4. The van der Waals surface area contributed by atoms with E-state index in [4.69, 9.17) is 9.97 Å². The molecule has 0 aromatic carbocycles. The lowest BCUT2D eigenvalue weighted by Gasteiger charge is -2.40. The summed E-state index contributed by atoms with van der Waals surface area (Å²) < 4.78 is -0.0198. The van der Waals surface area contributed by atoms with Crippen LogP contribution in [0.3, 0.4) is 0 Å². The molecule has 0 saturated heterocycles. The van der Waals surface area contributed by atoms with E-state index in [2.05, 4.69) is 111 Å². The molecule has 3 aromatic heterocycles. The minimum Gasteiger partial charge on any atom is -0.264 e. The van der Waals surface area contributed by atoms with Crippen LogP contribution in [0.2, 0.25) is 0 Å². The van der Waals surface area contributed by atoms with Crippen molar-refractivity contribution >= 4 is 22.6 Å². The number of halogens is 1. The first-order chi connectivity index (χ1) is 18.3. The lowest BCUT2D eigenvalue weighted by Crippen LogP contribution is -2.31. The molecule has 0 spiro atoms. The predicted molar refractivity (Wildman–Crippen MR) is 164 cm³/mol. The highest BCUT2D eigenvalue weighted by Crippen LogP contribution is 2.63. The Bertz CT molecular complexity index is 1420. The van der Waals surface area contributed by atoms with E-state index in [0.717, 1.165) is 30.7 Å². The third kappa shape index (κ3) is 4.17. The highest BCUT2D eigenvalue weighted by atomic mass is 127. The Morgan fingerprint density at radius 1 is 0.872 bits per heavy atom. The Morgan fingerprint density at radius 3 is 2.46 bits per heavy atom. The second kappa shape index (κ2) is 9.02. The van der Waals surface area contributed by atoms with Gasteiger partial charge in [-0.05, 0) is 89.5 Å². The van der Waals surface area contributed by atoms with Crippen LogP contribution in [0.4, 0.5) is 0 Å². The van der Waals surface area contributed by atoms with Crippen LogP contribution in [0.1, 0.15) is 133 Å².